The summed E-state index contributed by atoms with van der Waals surface area (Å²) in [7, 11) is 0. The summed E-state index contributed by atoms with van der Waals surface area (Å²) < 4.78 is 0. The highest BCUT2D eigenvalue weighted by Crippen LogP contribution is 2.37. The Bertz CT molecular complexity index is 3000. The van der Waals surface area contributed by atoms with Gasteiger partial charge in [-0.2, -0.15) is 0 Å². The third kappa shape index (κ3) is 5.73. The van der Waals surface area contributed by atoms with Crippen molar-refractivity contribution in [3.63, 3.8) is 0 Å². The lowest BCUT2D eigenvalue weighted by Crippen LogP contribution is -1.99. The van der Waals surface area contributed by atoms with Crippen LogP contribution < -0.4 is 0 Å². The van der Waals surface area contributed by atoms with Crippen LogP contribution in [-0.4, -0.2) is 15.0 Å². The minimum absolute atomic E-state index is 0.632. The zero-order chi connectivity index (χ0) is 35.8. The molecular formula is C51H31N3. The Morgan fingerprint density at radius 1 is 0.389 bits per heavy atom. The van der Waals surface area contributed by atoms with Crippen molar-refractivity contribution in [2.24, 2.45) is 0 Å². The van der Waals surface area contributed by atoms with Crippen LogP contribution in [0, 0.1) is 0 Å². The molecule has 10 rings (SSSR count). The summed E-state index contributed by atoms with van der Waals surface area (Å²) in [6.45, 7) is 0. The average molecular weight is 686 g/mol. The van der Waals surface area contributed by atoms with Crippen LogP contribution in [0.25, 0.3) is 88.2 Å². The summed E-state index contributed by atoms with van der Waals surface area (Å²) in [5, 5.41) is 7.47. The fourth-order valence-corrected chi connectivity index (χ4v) is 7.51. The van der Waals surface area contributed by atoms with Crippen LogP contribution in [0.3, 0.4) is 0 Å². The van der Waals surface area contributed by atoms with E-state index in [4.69, 9.17) is 9.97 Å². The lowest BCUT2D eigenvalue weighted by molar-refractivity contribution is 1.13. The molecule has 0 saturated carbocycles. The molecule has 9 aromatic rings. The van der Waals surface area contributed by atoms with Gasteiger partial charge in [-0.3, -0.25) is 4.98 Å². The summed E-state index contributed by atoms with van der Waals surface area (Å²) in [6, 6.07) is 57.7. The van der Waals surface area contributed by atoms with Gasteiger partial charge in [-0.15, -0.1) is 0 Å². The molecule has 0 N–H and O–H groups in total. The zero-order valence-corrected chi connectivity index (χ0v) is 29.2. The van der Waals surface area contributed by atoms with Crippen molar-refractivity contribution in [2.75, 3.05) is 0 Å². The minimum Gasteiger partial charge on any atom is -0.264 e. The van der Waals surface area contributed by atoms with E-state index in [1.807, 2.05) is 24.4 Å². The van der Waals surface area contributed by atoms with Crippen LogP contribution in [-0.2, 0) is 0 Å². The summed E-state index contributed by atoms with van der Waals surface area (Å²) in [5.74, 6) is 0.632. The van der Waals surface area contributed by atoms with Gasteiger partial charge in [0.1, 0.15) is 0 Å². The van der Waals surface area contributed by atoms with Crippen molar-refractivity contribution in [1.82, 2.24) is 15.0 Å². The largest absolute Gasteiger partial charge is 0.264 e. The van der Waals surface area contributed by atoms with Gasteiger partial charge >= 0.3 is 0 Å². The number of benzene rings is 7. The quantitative estimate of drug-likeness (QED) is 0.129. The molecule has 0 spiro atoms. The van der Waals surface area contributed by atoms with E-state index in [9.17, 15) is 0 Å². The molecule has 1 aliphatic rings. The lowest BCUT2D eigenvalue weighted by Gasteiger charge is -2.13. The van der Waals surface area contributed by atoms with Crippen molar-refractivity contribution < 1.29 is 0 Å². The second-order valence-electron chi connectivity index (χ2n) is 13.5. The third-order valence-electron chi connectivity index (χ3n) is 10.2. The van der Waals surface area contributed by atoms with Gasteiger partial charge in [0, 0.05) is 34.7 Å². The summed E-state index contributed by atoms with van der Waals surface area (Å²) in [4.78, 5) is 14.7. The SMILES string of the molecule is C1=C=C(c2ccc3c4ccccc4c4ccccc4c3c2)C=C(c2nc(-c3ccc(-c4cccnc4)cc3)cc(-c3cccc(-c4ccccc4)c3)n2)C=1. The maximum absolute atomic E-state index is 5.21. The lowest BCUT2D eigenvalue weighted by atomic mass is 9.91. The van der Waals surface area contributed by atoms with Crippen molar-refractivity contribution in [2.45, 2.75) is 0 Å². The van der Waals surface area contributed by atoms with Gasteiger partial charge in [0.25, 0.3) is 0 Å². The first-order valence-electron chi connectivity index (χ1n) is 18.1. The standard InChI is InChI=1S/C51H31N3/c1-2-11-34(12-3-1)37-13-8-15-40(29-37)50-32-49(36-24-22-35(23-25-36)42-17-10-28-52-33-42)53-51(54-50)41-16-9-14-38(30-41)39-26-27-47-45-20-5-4-18-43(45)44-19-6-7-21-46(44)48(47)31-39/h1-8,10-13,15-33H. The predicted octanol–water partition coefficient (Wildman–Crippen LogP) is 12.8. The van der Waals surface area contributed by atoms with Crippen LogP contribution in [0.15, 0.2) is 200 Å². The molecule has 54 heavy (non-hydrogen) atoms. The maximum Gasteiger partial charge on any atom is 0.161 e. The van der Waals surface area contributed by atoms with Gasteiger partial charge in [-0.25, -0.2) is 9.97 Å². The minimum atomic E-state index is 0.632. The number of allylic oxidation sites excluding steroid dienone is 4. The molecule has 0 aliphatic heterocycles. The van der Waals surface area contributed by atoms with E-state index in [0.29, 0.717) is 5.82 Å². The monoisotopic (exact) mass is 685 g/mol. The number of fused-ring (bicyclic) bond motifs is 6. The van der Waals surface area contributed by atoms with E-state index in [1.165, 1.54) is 32.3 Å². The van der Waals surface area contributed by atoms with E-state index in [2.05, 4.69) is 174 Å². The van der Waals surface area contributed by atoms with Gasteiger partial charge in [0.05, 0.1) is 11.4 Å². The first kappa shape index (κ1) is 31.3. The Morgan fingerprint density at radius 2 is 0.963 bits per heavy atom. The van der Waals surface area contributed by atoms with Crippen LogP contribution in [0.2, 0.25) is 0 Å². The molecular weight excluding hydrogens is 655 g/mol. The van der Waals surface area contributed by atoms with E-state index < -0.39 is 0 Å². The molecule has 3 heteroatoms. The second-order valence-corrected chi connectivity index (χ2v) is 13.5. The number of hydrogen-bond donors (Lipinski definition) is 0. The predicted molar refractivity (Wildman–Crippen MR) is 224 cm³/mol. The van der Waals surface area contributed by atoms with Crippen LogP contribution in [0.4, 0.5) is 0 Å². The van der Waals surface area contributed by atoms with Crippen LogP contribution >= 0.6 is 0 Å². The second kappa shape index (κ2) is 13.3. The molecule has 3 nitrogen and oxygen atoms in total. The van der Waals surface area contributed by atoms with Gasteiger partial charge in [0.15, 0.2) is 5.82 Å². The highest BCUT2D eigenvalue weighted by atomic mass is 14.9. The molecule has 0 amide bonds. The Labute approximate surface area is 313 Å². The molecule has 0 unspecified atom stereocenters. The van der Waals surface area contributed by atoms with Gasteiger partial charge < -0.3 is 0 Å². The molecule has 250 valence electrons. The van der Waals surface area contributed by atoms with Crippen molar-refractivity contribution in [3.05, 3.63) is 211 Å². The number of hydrogen-bond acceptors (Lipinski definition) is 3. The Balaban J connectivity index is 1.09. The fraction of sp³-hybridized carbons (Fsp3) is 0. The Kier molecular flexibility index (Phi) is 7.71. The van der Waals surface area contributed by atoms with Crippen molar-refractivity contribution in [1.29, 1.82) is 0 Å². The van der Waals surface area contributed by atoms with E-state index >= 15 is 0 Å². The Hall–Kier alpha value is -7.41. The summed E-state index contributed by atoms with van der Waals surface area (Å²) in [5.41, 5.74) is 17.8. The highest BCUT2D eigenvalue weighted by Gasteiger charge is 2.16. The molecule has 0 atom stereocenters. The number of rotatable bonds is 6. The highest BCUT2D eigenvalue weighted by molar-refractivity contribution is 6.25. The molecule has 1 aliphatic carbocycles. The summed E-state index contributed by atoms with van der Waals surface area (Å²) >= 11 is 0. The molecule has 0 bridgehead atoms. The smallest absolute Gasteiger partial charge is 0.161 e. The van der Waals surface area contributed by atoms with E-state index in [-0.39, 0.29) is 0 Å². The van der Waals surface area contributed by atoms with Gasteiger partial charge in [-0.05, 0) is 96.6 Å². The molecule has 0 radical (unpaired) electrons. The van der Waals surface area contributed by atoms with Crippen LogP contribution in [0.5, 0.6) is 0 Å². The zero-order valence-electron chi connectivity index (χ0n) is 29.2. The molecule has 2 heterocycles. The fourth-order valence-electron chi connectivity index (χ4n) is 7.51. The normalized spacial score (nSPS) is 12.3. The average Bonchev–Trinajstić information content (AvgIpc) is 3.27. The Morgan fingerprint density at radius 3 is 1.69 bits per heavy atom. The van der Waals surface area contributed by atoms with Gasteiger partial charge in [-0.1, -0.05) is 151 Å². The molecule has 0 saturated heterocycles. The maximum atomic E-state index is 5.21. The number of nitrogens with zero attached hydrogens (tertiary/aromatic N) is 3. The summed E-state index contributed by atoms with van der Waals surface area (Å²) in [6.07, 6.45) is 7.75. The molecule has 7 aromatic carbocycles. The first-order valence-corrected chi connectivity index (χ1v) is 18.1. The third-order valence-corrected chi connectivity index (χ3v) is 10.2. The van der Waals surface area contributed by atoms with Gasteiger partial charge in [0.2, 0.25) is 0 Å². The van der Waals surface area contributed by atoms with Crippen molar-refractivity contribution >= 4 is 43.5 Å². The number of pyridine rings is 1. The van der Waals surface area contributed by atoms with Crippen molar-refractivity contribution in [3.8, 4) is 44.8 Å². The van der Waals surface area contributed by atoms with E-state index in [1.54, 1.807) is 6.20 Å². The van der Waals surface area contributed by atoms with Crippen LogP contribution in [0.1, 0.15) is 11.4 Å². The molecule has 2 aromatic heterocycles. The topological polar surface area (TPSA) is 38.7 Å². The first-order chi connectivity index (χ1) is 26.7. The molecule has 0 fully saturated rings. The van der Waals surface area contributed by atoms with E-state index in [0.717, 1.165) is 61.5 Å². The number of aromatic nitrogens is 3.